The minimum atomic E-state index is -0.999. The molecular formula is C31H32N4O7. The quantitative estimate of drug-likeness (QED) is 0.121. The number of amides is 2. The standard InChI is InChI=1S/C31H32N4O7/c1-2-40-30(38)27(14-15-34-31(39)41-19-20-6-4-3-5-7-20)42-24-11-8-21(9-12-24)26(36)18-35-17-23-16-22(28(32)33)10-13-25(23)29(35)37/h3-13,16,27H,2,14-15,17-19H2,1H3,(H3,32,33)(H,34,39). The van der Waals surface area contributed by atoms with Gasteiger partial charge in [0.25, 0.3) is 5.91 Å². The first-order chi connectivity index (χ1) is 20.2. The van der Waals surface area contributed by atoms with Crippen LogP contribution in [0.25, 0.3) is 0 Å². The molecule has 1 aliphatic heterocycles. The lowest BCUT2D eigenvalue weighted by atomic mass is 10.1. The van der Waals surface area contributed by atoms with Gasteiger partial charge in [0, 0.05) is 36.2 Å². The first-order valence-electron chi connectivity index (χ1n) is 13.4. The number of esters is 1. The summed E-state index contributed by atoms with van der Waals surface area (Å²) in [5.41, 5.74) is 8.48. The molecule has 1 atom stereocenters. The highest BCUT2D eigenvalue weighted by Crippen LogP contribution is 2.24. The molecule has 1 heterocycles. The van der Waals surface area contributed by atoms with E-state index in [1.54, 1.807) is 49.4 Å². The van der Waals surface area contributed by atoms with Gasteiger partial charge in [-0.3, -0.25) is 15.0 Å². The molecule has 42 heavy (non-hydrogen) atoms. The molecule has 0 radical (unpaired) electrons. The molecule has 2 amide bonds. The fourth-order valence-corrected chi connectivity index (χ4v) is 4.36. The Balaban J connectivity index is 1.30. The number of carbonyl (C=O) groups excluding carboxylic acids is 4. The predicted molar refractivity (Wildman–Crippen MR) is 153 cm³/mol. The number of alkyl carbamates (subject to hydrolysis) is 1. The van der Waals surface area contributed by atoms with Crippen molar-refractivity contribution in [3.8, 4) is 5.75 Å². The van der Waals surface area contributed by atoms with Crippen LogP contribution < -0.4 is 15.8 Å². The van der Waals surface area contributed by atoms with Crippen LogP contribution >= 0.6 is 0 Å². The van der Waals surface area contributed by atoms with Crippen LogP contribution in [0.2, 0.25) is 0 Å². The number of nitrogens with two attached hydrogens (primary N) is 1. The van der Waals surface area contributed by atoms with Crippen molar-refractivity contribution < 1.29 is 33.4 Å². The smallest absolute Gasteiger partial charge is 0.407 e. The molecule has 1 unspecified atom stereocenters. The first kappa shape index (κ1) is 29.8. The highest BCUT2D eigenvalue weighted by Gasteiger charge is 2.29. The summed E-state index contributed by atoms with van der Waals surface area (Å²) in [6.45, 7) is 2.19. The second kappa shape index (κ2) is 13.9. The van der Waals surface area contributed by atoms with Crippen LogP contribution in [0.15, 0.2) is 72.8 Å². The molecule has 3 aromatic rings. The van der Waals surface area contributed by atoms with E-state index >= 15 is 0 Å². The van der Waals surface area contributed by atoms with Crippen molar-refractivity contribution in [1.29, 1.82) is 5.41 Å². The van der Waals surface area contributed by atoms with Gasteiger partial charge in [0.15, 0.2) is 11.9 Å². The van der Waals surface area contributed by atoms with Crippen LogP contribution in [-0.4, -0.2) is 60.3 Å². The van der Waals surface area contributed by atoms with Crippen LogP contribution in [-0.2, 0) is 27.4 Å². The van der Waals surface area contributed by atoms with Gasteiger partial charge in [0.1, 0.15) is 18.2 Å². The topological polar surface area (TPSA) is 161 Å². The van der Waals surface area contributed by atoms with Gasteiger partial charge in [-0.2, -0.15) is 0 Å². The number of nitrogens with zero attached hydrogens (tertiary/aromatic N) is 1. The van der Waals surface area contributed by atoms with Crippen molar-refractivity contribution in [3.05, 3.63) is 101 Å². The van der Waals surface area contributed by atoms with E-state index in [4.69, 9.17) is 25.4 Å². The number of rotatable bonds is 13. The molecule has 0 fully saturated rings. The SMILES string of the molecule is CCOC(=O)C(CCNC(=O)OCc1ccccc1)Oc1ccc(C(=O)CN2Cc3cc(C(=N)N)ccc3C2=O)cc1. The number of ether oxygens (including phenoxy) is 3. The van der Waals surface area contributed by atoms with E-state index < -0.39 is 18.2 Å². The summed E-state index contributed by atoms with van der Waals surface area (Å²) in [4.78, 5) is 51.7. The Morgan fingerprint density at radius 2 is 1.71 bits per heavy atom. The Bertz CT molecular complexity index is 1460. The second-order valence-corrected chi connectivity index (χ2v) is 9.53. The van der Waals surface area contributed by atoms with E-state index in [0.717, 1.165) is 5.56 Å². The third kappa shape index (κ3) is 7.72. The van der Waals surface area contributed by atoms with E-state index in [1.807, 2.05) is 30.3 Å². The fourth-order valence-electron chi connectivity index (χ4n) is 4.36. The van der Waals surface area contributed by atoms with E-state index in [0.29, 0.717) is 28.0 Å². The van der Waals surface area contributed by atoms with Crippen molar-refractivity contribution in [3.63, 3.8) is 0 Å². The molecule has 218 valence electrons. The monoisotopic (exact) mass is 572 g/mol. The molecule has 1 aliphatic rings. The summed E-state index contributed by atoms with van der Waals surface area (Å²) in [7, 11) is 0. The van der Waals surface area contributed by atoms with Crippen LogP contribution in [0.4, 0.5) is 4.79 Å². The maximum absolute atomic E-state index is 12.9. The average molecular weight is 573 g/mol. The van der Waals surface area contributed by atoms with E-state index in [1.165, 1.54) is 4.90 Å². The zero-order valence-electron chi connectivity index (χ0n) is 23.1. The molecular weight excluding hydrogens is 540 g/mol. The number of ketones is 1. The fraction of sp³-hybridized carbons (Fsp3) is 0.258. The lowest BCUT2D eigenvalue weighted by Gasteiger charge is -2.18. The van der Waals surface area contributed by atoms with Crippen molar-refractivity contribution >= 4 is 29.6 Å². The minimum absolute atomic E-state index is 0.0927. The summed E-state index contributed by atoms with van der Waals surface area (Å²) < 4.78 is 16.1. The third-order valence-electron chi connectivity index (χ3n) is 6.52. The second-order valence-electron chi connectivity index (χ2n) is 9.53. The molecule has 11 heteroatoms. The number of hydrogen-bond acceptors (Lipinski definition) is 8. The largest absolute Gasteiger partial charge is 0.479 e. The van der Waals surface area contributed by atoms with Crippen LogP contribution in [0, 0.1) is 5.41 Å². The predicted octanol–water partition coefficient (Wildman–Crippen LogP) is 3.44. The number of amidine groups is 1. The Morgan fingerprint density at radius 3 is 2.40 bits per heavy atom. The number of Topliss-reactive ketones (excluding diaryl/α,β-unsaturated/α-hetero) is 1. The minimum Gasteiger partial charge on any atom is -0.479 e. The molecule has 0 spiro atoms. The number of nitrogen functional groups attached to an aromatic ring is 1. The van der Waals surface area contributed by atoms with Gasteiger partial charge in [0.2, 0.25) is 0 Å². The normalized spacial score (nSPS) is 12.7. The van der Waals surface area contributed by atoms with Gasteiger partial charge < -0.3 is 30.2 Å². The van der Waals surface area contributed by atoms with E-state index in [2.05, 4.69) is 5.32 Å². The van der Waals surface area contributed by atoms with Gasteiger partial charge in [-0.05, 0) is 54.4 Å². The number of nitrogens with one attached hydrogen (secondary N) is 2. The van der Waals surface area contributed by atoms with Crippen LogP contribution in [0.3, 0.4) is 0 Å². The Morgan fingerprint density at radius 1 is 1.00 bits per heavy atom. The van der Waals surface area contributed by atoms with E-state index in [-0.39, 0.29) is 56.8 Å². The molecule has 11 nitrogen and oxygen atoms in total. The summed E-state index contributed by atoms with van der Waals surface area (Å²) in [5, 5.41) is 10.2. The van der Waals surface area contributed by atoms with E-state index in [9.17, 15) is 19.2 Å². The number of benzene rings is 3. The summed E-state index contributed by atoms with van der Waals surface area (Å²) in [6, 6.07) is 20.4. The number of carbonyl (C=O) groups is 4. The summed E-state index contributed by atoms with van der Waals surface area (Å²) in [6.07, 6.45) is -1.49. The zero-order chi connectivity index (χ0) is 30.1. The van der Waals surface area contributed by atoms with Gasteiger partial charge in [-0.15, -0.1) is 0 Å². The molecule has 0 saturated carbocycles. The van der Waals surface area contributed by atoms with Gasteiger partial charge in [0.05, 0.1) is 13.2 Å². The van der Waals surface area contributed by atoms with Crippen molar-refractivity contribution in [1.82, 2.24) is 10.2 Å². The zero-order valence-corrected chi connectivity index (χ0v) is 23.1. The van der Waals surface area contributed by atoms with Crippen LogP contribution in [0.5, 0.6) is 5.75 Å². The molecule has 4 N–H and O–H groups in total. The van der Waals surface area contributed by atoms with Gasteiger partial charge in [-0.1, -0.05) is 36.4 Å². The molecule has 0 aromatic heterocycles. The molecule has 4 rings (SSSR count). The number of hydrogen-bond donors (Lipinski definition) is 3. The Labute approximate surface area is 243 Å². The summed E-state index contributed by atoms with van der Waals surface area (Å²) in [5.74, 6) is -0.877. The molecule has 0 aliphatic carbocycles. The average Bonchev–Trinajstić information content (AvgIpc) is 3.30. The maximum atomic E-state index is 12.9. The van der Waals surface area contributed by atoms with Crippen molar-refractivity contribution in [2.45, 2.75) is 32.6 Å². The molecule has 0 saturated heterocycles. The maximum Gasteiger partial charge on any atom is 0.407 e. The molecule has 0 bridgehead atoms. The lowest BCUT2D eigenvalue weighted by molar-refractivity contribution is -0.151. The Kier molecular flexibility index (Phi) is 9.88. The highest BCUT2D eigenvalue weighted by atomic mass is 16.6. The van der Waals surface area contributed by atoms with Gasteiger partial charge in [-0.25, -0.2) is 9.59 Å². The summed E-state index contributed by atoms with van der Waals surface area (Å²) >= 11 is 0. The molecule has 3 aromatic carbocycles. The van der Waals surface area contributed by atoms with Crippen molar-refractivity contribution in [2.75, 3.05) is 19.7 Å². The van der Waals surface area contributed by atoms with Crippen molar-refractivity contribution in [2.24, 2.45) is 5.73 Å². The number of fused-ring (bicyclic) bond motifs is 1. The lowest BCUT2D eigenvalue weighted by Crippen LogP contribution is -2.35. The Hall–Kier alpha value is -5.19. The highest BCUT2D eigenvalue weighted by molar-refractivity contribution is 6.05. The van der Waals surface area contributed by atoms with Crippen LogP contribution in [0.1, 0.15) is 50.8 Å². The first-order valence-corrected chi connectivity index (χ1v) is 13.4. The third-order valence-corrected chi connectivity index (χ3v) is 6.52. The van der Waals surface area contributed by atoms with Gasteiger partial charge >= 0.3 is 12.1 Å².